The molecule has 0 aliphatic rings. The number of pyridine rings is 1. The van der Waals surface area contributed by atoms with Crippen LogP contribution in [0.2, 0.25) is 5.15 Å². The van der Waals surface area contributed by atoms with Crippen molar-refractivity contribution in [3.8, 4) is 0 Å². The summed E-state index contributed by atoms with van der Waals surface area (Å²) in [6.07, 6.45) is 2.48. The van der Waals surface area contributed by atoms with Gasteiger partial charge in [0.15, 0.2) is 15.0 Å². The number of nitrogens with zero attached hydrogens (tertiary/aromatic N) is 1. The molecule has 0 saturated carbocycles. The highest BCUT2D eigenvalue weighted by Gasteiger charge is 2.38. The second-order valence-electron chi connectivity index (χ2n) is 4.23. The van der Waals surface area contributed by atoms with E-state index >= 15 is 0 Å². The number of hydrogen-bond acceptors (Lipinski definition) is 4. The molecule has 0 aromatic carbocycles. The molecule has 1 heterocycles. The quantitative estimate of drug-likeness (QED) is 0.844. The van der Waals surface area contributed by atoms with Gasteiger partial charge in [0.05, 0.1) is 5.69 Å². The molecule has 1 aromatic heterocycles. The van der Waals surface area contributed by atoms with Gasteiger partial charge >= 0.3 is 0 Å². The third kappa shape index (κ3) is 3.21. The van der Waals surface area contributed by atoms with E-state index < -0.39 is 20.5 Å². The lowest BCUT2D eigenvalue weighted by atomic mass is 10.2. The monoisotopic (exact) mass is 354 g/mol. The lowest BCUT2D eigenvalue weighted by Crippen LogP contribution is -2.43. The van der Waals surface area contributed by atoms with Gasteiger partial charge in [-0.05, 0) is 35.8 Å². The molecule has 0 fully saturated rings. The highest BCUT2D eigenvalue weighted by molar-refractivity contribution is 9.10. The van der Waals surface area contributed by atoms with Gasteiger partial charge in [-0.3, -0.25) is 4.79 Å². The number of carbonyl (C=O) groups excluding carboxylic acids is 1. The van der Waals surface area contributed by atoms with E-state index in [-0.39, 0.29) is 10.8 Å². The summed E-state index contributed by atoms with van der Waals surface area (Å²) in [6.45, 7) is 2.66. The smallest absolute Gasteiger partial charge is 0.245 e. The molecule has 1 amide bonds. The first kappa shape index (κ1) is 15.4. The zero-order valence-corrected chi connectivity index (χ0v) is 13.1. The van der Waals surface area contributed by atoms with Gasteiger partial charge in [-0.1, -0.05) is 11.6 Å². The molecule has 1 aromatic rings. The summed E-state index contributed by atoms with van der Waals surface area (Å²) in [6, 6.07) is 1.55. The minimum atomic E-state index is -3.53. The summed E-state index contributed by atoms with van der Waals surface area (Å²) in [5.41, 5.74) is 0.257. The van der Waals surface area contributed by atoms with E-state index in [4.69, 9.17) is 11.6 Å². The van der Waals surface area contributed by atoms with Crippen LogP contribution >= 0.6 is 27.5 Å². The van der Waals surface area contributed by atoms with Crippen LogP contribution in [-0.2, 0) is 14.6 Å². The van der Waals surface area contributed by atoms with Crippen molar-refractivity contribution >= 4 is 49.0 Å². The van der Waals surface area contributed by atoms with Gasteiger partial charge in [0.2, 0.25) is 5.91 Å². The molecule has 0 aliphatic heterocycles. The van der Waals surface area contributed by atoms with Gasteiger partial charge in [-0.25, -0.2) is 13.4 Å². The van der Waals surface area contributed by atoms with Crippen molar-refractivity contribution in [2.24, 2.45) is 0 Å². The highest BCUT2D eigenvalue weighted by atomic mass is 79.9. The maximum Gasteiger partial charge on any atom is 0.245 e. The fourth-order valence-electron chi connectivity index (χ4n) is 0.951. The summed E-state index contributed by atoms with van der Waals surface area (Å²) >= 11 is 8.99. The Hall–Kier alpha value is -0.660. The van der Waals surface area contributed by atoms with Crippen LogP contribution in [0.1, 0.15) is 13.8 Å². The Morgan fingerprint density at radius 2 is 2.06 bits per heavy atom. The SMILES string of the molecule is CC(C)(C(=O)Nc1cc(Br)cnc1Cl)S(C)(=O)=O. The van der Waals surface area contributed by atoms with E-state index in [9.17, 15) is 13.2 Å². The maximum atomic E-state index is 12.0. The summed E-state index contributed by atoms with van der Waals surface area (Å²) in [5, 5.41) is 2.55. The van der Waals surface area contributed by atoms with Crippen LogP contribution in [0.5, 0.6) is 0 Å². The van der Waals surface area contributed by atoms with Crippen molar-refractivity contribution in [1.82, 2.24) is 4.98 Å². The van der Waals surface area contributed by atoms with Crippen LogP contribution in [0.25, 0.3) is 0 Å². The van der Waals surface area contributed by atoms with Gasteiger partial charge < -0.3 is 5.32 Å². The van der Waals surface area contributed by atoms with E-state index in [1.807, 2.05) is 0 Å². The second-order valence-corrected chi connectivity index (χ2v) is 8.07. The fourth-order valence-corrected chi connectivity index (χ4v) is 1.82. The van der Waals surface area contributed by atoms with Crippen LogP contribution in [-0.4, -0.2) is 30.3 Å². The number of anilines is 1. The zero-order chi connectivity index (χ0) is 14.1. The Bertz CT molecular complexity index is 587. The van der Waals surface area contributed by atoms with Crippen molar-refractivity contribution in [3.05, 3.63) is 21.9 Å². The first-order chi connectivity index (χ1) is 8.05. The number of halogens is 2. The van der Waals surface area contributed by atoms with E-state index in [1.165, 1.54) is 20.0 Å². The predicted molar refractivity (Wildman–Crippen MR) is 74.5 cm³/mol. The predicted octanol–water partition coefficient (Wildman–Crippen LogP) is 2.26. The van der Waals surface area contributed by atoms with Crippen molar-refractivity contribution < 1.29 is 13.2 Å². The van der Waals surface area contributed by atoms with Crippen molar-refractivity contribution in [1.29, 1.82) is 0 Å². The molecule has 100 valence electrons. The molecule has 5 nitrogen and oxygen atoms in total. The lowest BCUT2D eigenvalue weighted by molar-refractivity contribution is -0.117. The van der Waals surface area contributed by atoms with Gasteiger partial charge in [0.1, 0.15) is 4.75 Å². The molecule has 0 spiro atoms. The van der Waals surface area contributed by atoms with E-state index in [0.717, 1.165) is 6.26 Å². The molecular formula is C10H12BrClN2O3S. The van der Waals surface area contributed by atoms with Gasteiger partial charge in [0, 0.05) is 16.9 Å². The summed E-state index contributed by atoms with van der Waals surface area (Å²) in [4.78, 5) is 15.8. The standard InChI is InChI=1S/C10H12BrClN2O3S/c1-10(2,18(3,16)17)9(15)14-7-4-6(11)5-13-8(7)12/h4-5H,1-3H3,(H,14,15). The molecule has 18 heavy (non-hydrogen) atoms. The van der Waals surface area contributed by atoms with E-state index in [0.29, 0.717) is 4.47 Å². The van der Waals surface area contributed by atoms with Crippen LogP contribution in [0, 0.1) is 0 Å². The molecule has 0 atom stereocenters. The Morgan fingerprint density at radius 3 is 2.56 bits per heavy atom. The van der Waals surface area contributed by atoms with Gasteiger partial charge in [-0.2, -0.15) is 0 Å². The first-order valence-corrected chi connectivity index (χ1v) is 7.94. The topological polar surface area (TPSA) is 76.1 Å². The lowest BCUT2D eigenvalue weighted by Gasteiger charge is -2.21. The molecule has 1 N–H and O–H groups in total. The number of amides is 1. The third-order valence-corrected chi connectivity index (χ3v) is 5.30. The number of carbonyl (C=O) groups is 1. The number of aromatic nitrogens is 1. The Balaban J connectivity index is 3.06. The molecule has 0 unspecified atom stereocenters. The average Bonchev–Trinajstić information content (AvgIpc) is 2.21. The Kier molecular flexibility index (Phi) is 4.40. The zero-order valence-electron chi connectivity index (χ0n) is 9.99. The fraction of sp³-hybridized carbons (Fsp3) is 0.400. The van der Waals surface area contributed by atoms with E-state index in [1.54, 1.807) is 6.07 Å². The molecule has 1 rings (SSSR count). The highest BCUT2D eigenvalue weighted by Crippen LogP contribution is 2.25. The van der Waals surface area contributed by atoms with Crippen LogP contribution in [0.4, 0.5) is 5.69 Å². The summed E-state index contributed by atoms with van der Waals surface area (Å²) in [7, 11) is -3.53. The molecular weight excluding hydrogens is 344 g/mol. The first-order valence-electron chi connectivity index (χ1n) is 4.88. The Labute approximate surface area is 119 Å². The molecule has 0 aliphatic carbocycles. The summed E-state index contributed by atoms with van der Waals surface area (Å²) in [5.74, 6) is -0.660. The van der Waals surface area contributed by atoms with E-state index in [2.05, 4.69) is 26.2 Å². The van der Waals surface area contributed by atoms with Gasteiger partial charge in [0.25, 0.3) is 0 Å². The van der Waals surface area contributed by atoms with Crippen LogP contribution in [0.15, 0.2) is 16.7 Å². The molecule has 0 radical (unpaired) electrons. The molecule has 0 saturated heterocycles. The number of rotatable bonds is 3. The maximum absolute atomic E-state index is 12.0. The second kappa shape index (κ2) is 5.14. The van der Waals surface area contributed by atoms with Crippen LogP contribution < -0.4 is 5.32 Å². The molecule has 0 bridgehead atoms. The Morgan fingerprint density at radius 1 is 1.50 bits per heavy atom. The number of hydrogen-bond donors (Lipinski definition) is 1. The minimum absolute atomic E-state index is 0.0934. The van der Waals surface area contributed by atoms with Crippen LogP contribution in [0.3, 0.4) is 0 Å². The van der Waals surface area contributed by atoms with Crippen molar-refractivity contribution in [2.45, 2.75) is 18.6 Å². The van der Waals surface area contributed by atoms with Crippen molar-refractivity contribution in [2.75, 3.05) is 11.6 Å². The molecule has 8 heteroatoms. The third-order valence-electron chi connectivity index (χ3n) is 2.53. The summed E-state index contributed by atoms with van der Waals surface area (Å²) < 4.78 is 22.1. The normalized spacial score (nSPS) is 12.3. The largest absolute Gasteiger partial charge is 0.322 e. The number of sulfone groups is 1. The van der Waals surface area contributed by atoms with Gasteiger partial charge in [-0.15, -0.1) is 0 Å². The number of nitrogens with one attached hydrogen (secondary N) is 1. The van der Waals surface area contributed by atoms with Crippen molar-refractivity contribution in [3.63, 3.8) is 0 Å². The average molecular weight is 356 g/mol. The minimum Gasteiger partial charge on any atom is -0.322 e.